The number of anilines is 1. The Hall–Kier alpha value is -4.07. The van der Waals surface area contributed by atoms with Crippen LogP contribution in [0.2, 0.25) is 0 Å². The maximum atomic E-state index is 12.2. The van der Waals surface area contributed by atoms with E-state index < -0.39 is 42.6 Å². The van der Waals surface area contributed by atoms with Crippen LogP contribution in [0.1, 0.15) is 12.5 Å². The molecule has 2 aromatic rings. The Morgan fingerprint density at radius 2 is 1.76 bits per heavy atom. The topological polar surface area (TPSA) is 194 Å². The number of phenols is 1. The van der Waals surface area contributed by atoms with Gasteiger partial charge in [-0.15, -0.1) is 0 Å². The van der Waals surface area contributed by atoms with Gasteiger partial charge in [-0.1, -0.05) is 0 Å². The molecule has 14 heteroatoms. The van der Waals surface area contributed by atoms with Crippen LogP contribution in [-0.2, 0) is 14.8 Å². The van der Waals surface area contributed by atoms with Crippen molar-refractivity contribution in [2.24, 2.45) is 5.10 Å². The molecule has 0 unspecified atom stereocenters. The quantitative estimate of drug-likeness (QED) is 0.338. The maximum absolute atomic E-state index is 12.2. The molecule has 0 radical (unpaired) electrons. The average Bonchev–Trinajstić information content (AvgIpc) is 2.62. The van der Waals surface area contributed by atoms with E-state index in [0.717, 1.165) is 6.07 Å². The van der Waals surface area contributed by atoms with Crippen molar-refractivity contribution < 1.29 is 28.2 Å². The number of nitro groups is 2. The Morgan fingerprint density at radius 3 is 2.28 bits per heavy atom. The molecule has 1 amide bonds. The molecule has 0 aliphatic heterocycles. The minimum Gasteiger partial charge on any atom is -0.502 e. The van der Waals surface area contributed by atoms with Crippen molar-refractivity contribution in [3.63, 3.8) is 0 Å². The van der Waals surface area contributed by atoms with Crippen molar-refractivity contribution >= 4 is 39.2 Å². The zero-order valence-corrected chi connectivity index (χ0v) is 15.4. The van der Waals surface area contributed by atoms with Crippen LogP contribution in [-0.4, -0.2) is 35.5 Å². The van der Waals surface area contributed by atoms with Crippen molar-refractivity contribution in [3.8, 4) is 5.75 Å². The lowest BCUT2D eigenvalue weighted by Crippen LogP contribution is -2.18. The fraction of sp³-hybridized carbons (Fsp3) is 0.0667. The normalized spacial score (nSPS) is 11.2. The summed E-state index contributed by atoms with van der Waals surface area (Å²) in [6, 6.07) is 6.43. The van der Waals surface area contributed by atoms with E-state index in [1.54, 1.807) is 0 Å². The molecule has 152 valence electrons. The summed E-state index contributed by atoms with van der Waals surface area (Å²) in [4.78, 5) is 32.4. The fourth-order valence-corrected chi connectivity index (χ4v) is 2.90. The number of rotatable bonds is 7. The fourth-order valence-electron chi connectivity index (χ4n) is 2.11. The van der Waals surface area contributed by atoms with Crippen LogP contribution in [0.5, 0.6) is 5.75 Å². The van der Waals surface area contributed by atoms with Crippen LogP contribution in [0.15, 0.2) is 46.4 Å². The van der Waals surface area contributed by atoms with Crippen LogP contribution in [0.4, 0.5) is 17.1 Å². The molecule has 13 nitrogen and oxygen atoms in total. The third-order valence-electron chi connectivity index (χ3n) is 3.37. The molecule has 0 bridgehead atoms. The van der Waals surface area contributed by atoms with E-state index in [1.807, 2.05) is 4.83 Å². The van der Waals surface area contributed by atoms with E-state index in [0.29, 0.717) is 18.0 Å². The molecule has 2 aromatic carbocycles. The zero-order chi connectivity index (χ0) is 21.8. The number of phenolic OH excluding ortho intramolecular Hbond substituents is 1. The molecular weight excluding hydrogens is 410 g/mol. The highest BCUT2D eigenvalue weighted by Crippen LogP contribution is 2.33. The number of hydrogen-bond acceptors (Lipinski definition) is 9. The zero-order valence-electron chi connectivity index (χ0n) is 14.6. The van der Waals surface area contributed by atoms with E-state index in [2.05, 4.69) is 10.4 Å². The van der Waals surface area contributed by atoms with Gasteiger partial charge in [0.1, 0.15) is 0 Å². The van der Waals surface area contributed by atoms with E-state index in [9.17, 15) is 38.5 Å². The number of sulfonamides is 1. The molecule has 0 aromatic heterocycles. The van der Waals surface area contributed by atoms with Crippen LogP contribution in [0, 0.1) is 20.2 Å². The lowest BCUT2D eigenvalue weighted by Gasteiger charge is -2.06. The summed E-state index contributed by atoms with van der Waals surface area (Å²) in [6.45, 7) is 1.29. The van der Waals surface area contributed by atoms with Crippen LogP contribution < -0.4 is 10.1 Å². The lowest BCUT2D eigenvalue weighted by atomic mass is 10.1. The summed E-state index contributed by atoms with van der Waals surface area (Å²) in [5.41, 5.74) is -1.69. The number of hydrogen-bond donors (Lipinski definition) is 3. The molecule has 0 spiro atoms. The summed E-state index contributed by atoms with van der Waals surface area (Å²) >= 11 is 0. The second-order valence-electron chi connectivity index (χ2n) is 5.48. The Bertz CT molecular complexity index is 1110. The van der Waals surface area contributed by atoms with Crippen molar-refractivity contribution in [3.05, 3.63) is 62.2 Å². The number of nitrogens with one attached hydrogen (secondary N) is 2. The number of benzene rings is 2. The molecule has 3 N–H and O–H groups in total. The standard InChI is InChI=1S/C15H13N5O8S/c1-9(21)17-11-2-4-13(5-3-11)29(27,28)18-16-8-10-6-12(19(23)24)7-14(15(10)22)20(25)26/h2-8,18,22H,1H3,(H,17,21)/b16-8+. The number of carbonyl (C=O) groups excluding carboxylic acids is 1. The molecule has 0 aliphatic rings. The van der Waals surface area contributed by atoms with Gasteiger partial charge in [0.2, 0.25) is 11.7 Å². The smallest absolute Gasteiger partial charge is 0.318 e. The van der Waals surface area contributed by atoms with Crippen molar-refractivity contribution in [1.29, 1.82) is 0 Å². The van der Waals surface area contributed by atoms with Gasteiger partial charge >= 0.3 is 5.69 Å². The summed E-state index contributed by atoms with van der Waals surface area (Å²) < 4.78 is 24.4. The number of non-ortho nitro benzene ring substituents is 1. The molecule has 2 rings (SSSR count). The first-order valence-corrected chi connectivity index (χ1v) is 9.08. The maximum Gasteiger partial charge on any atom is 0.318 e. The first-order valence-electron chi connectivity index (χ1n) is 7.59. The molecule has 0 fully saturated rings. The molecule has 0 saturated heterocycles. The summed E-state index contributed by atoms with van der Waals surface area (Å²) in [7, 11) is -4.15. The van der Waals surface area contributed by atoms with E-state index in [1.165, 1.54) is 31.2 Å². The third-order valence-corrected chi connectivity index (χ3v) is 4.61. The number of amides is 1. The predicted molar refractivity (Wildman–Crippen MR) is 100 cm³/mol. The number of aromatic hydroxyl groups is 1. The van der Waals surface area contributed by atoms with Crippen LogP contribution in [0.25, 0.3) is 0 Å². The van der Waals surface area contributed by atoms with Gasteiger partial charge < -0.3 is 10.4 Å². The average molecular weight is 423 g/mol. The number of carbonyl (C=O) groups is 1. The first kappa shape index (κ1) is 21.2. The first-order chi connectivity index (χ1) is 13.5. The molecule has 0 heterocycles. The van der Waals surface area contributed by atoms with E-state index in [4.69, 9.17) is 0 Å². The SMILES string of the molecule is CC(=O)Nc1ccc(S(=O)(=O)N/N=C/c2cc([N+](=O)[O-])cc([N+](=O)[O-])c2O)cc1. The second-order valence-corrected chi connectivity index (χ2v) is 7.14. The molecule has 29 heavy (non-hydrogen) atoms. The Labute approximate surface area is 163 Å². The van der Waals surface area contributed by atoms with Crippen molar-refractivity contribution in [1.82, 2.24) is 4.83 Å². The minimum absolute atomic E-state index is 0.210. The Morgan fingerprint density at radius 1 is 1.14 bits per heavy atom. The number of nitro benzene ring substituents is 2. The van der Waals surface area contributed by atoms with Crippen LogP contribution >= 0.6 is 0 Å². The highest BCUT2D eigenvalue weighted by molar-refractivity contribution is 7.89. The van der Waals surface area contributed by atoms with Gasteiger partial charge in [-0.05, 0) is 24.3 Å². The van der Waals surface area contributed by atoms with E-state index in [-0.39, 0.29) is 10.8 Å². The lowest BCUT2D eigenvalue weighted by molar-refractivity contribution is -0.394. The van der Waals surface area contributed by atoms with Gasteiger partial charge in [0, 0.05) is 18.7 Å². The summed E-state index contributed by atoms with van der Waals surface area (Å²) in [6.07, 6.45) is 0.693. The van der Waals surface area contributed by atoms with Gasteiger partial charge in [0.25, 0.3) is 15.7 Å². The van der Waals surface area contributed by atoms with Crippen molar-refractivity contribution in [2.75, 3.05) is 5.32 Å². The van der Waals surface area contributed by atoms with Crippen molar-refractivity contribution in [2.45, 2.75) is 11.8 Å². The van der Waals surface area contributed by atoms with Crippen LogP contribution in [0.3, 0.4) is 0 Å². The highest BCUT2D eigenvalue weighted by atomic mass is 32.2. The number of nitrogens with zero attached hydrogens (tertiary/aromatic N) is 3. The predicted octanol–water partition coefficient (Wildman–Crippen LogP) is 1.48. The summed E-state index contributed by atoms with van der Waals surface area (Å²) in [5.74, 6) is -1.25. The van der Waals surface area contributed by atoms with Gasteiger partial charge in [-0.25, -0.2) is 4.83 Å². The second kappa shape index (κ2) is 8.30. The molecule has 0 aliphatic carbocycles. The van der Waals surface area contributed by atoms with Gasteiger partial charge in [-0.2, -0.15) is 13.5 Å². The summed E-state index contributed by atoms with van der Waals surface area (Å²) in [5, 5.41) is 37.5. The molecule has 0 saturated carbocycles. The number of hydrazone groups is 1. The Balaban J connectivity index is 2.27. The highest BCUT2D eigenvalue weighted by Gasteiger charge is 2.23. The van der Waals surface area contributed by atoms with Gasteiger partial charge in [0.05, 0.1) is 32.6 Å². The largest absolute Gasteiger partial charge is 0.502 e. The van der Waals surface area contributed by atoms with Gasteiger partial charge in [0.15, 0.2) is 0 Å². The monoisotopic (exact) mass is 423 g/mol. The van der Waals surface area contributed by atoms with Gasteiger partial charge in [-0.3, -0.25) is 25.0 Å². The Kier molecular flexibility index (Phi) is 6.08. The molecular formula is C15H13N5O8S. The third kappa shape index (κ3) is 5.23. The van der Waals surface area contributed by atoms with E-state index >= 15 is 0 Å². The minimum atomic E-state index is -4.15. The molecule has 0 atom stereocenters.